The van der Waals surface area contributed by atoms with E-state index in [4.69, 9.17) is 5.11 Å². The van der Waals surface area contributed by atoms with Crippen LogP contribution in [0.25, 0.3) is 0 Å². The number of rotatable bonds is 4. The molecule has 5 heteroatoms. The van der Waals surface area contributed by atoms with Crippen molar-refractivity contribution in [3.63, 3.8) is 0 Å². The lowest BCUT2D eigenvalue weighted by molar-refractivity contribution is -0.136. The second-order valence-corrected chi connectivity index (χ2v) is 6.76. The molecule has 0 spiro atoms. The van der Waals surface area contributed by atoms with Crippen LogP contribution < -0.4 is 0 Å². The average molecular weight is 256 g/mol. The Morgan fingerprint density at radius 2 is 1.94 bits per heavy atom. The van der Waals surface area contributed by atoms with Gasteiger partial charge in [0.1, 0.15) is 0 Å². The number of benzene rings is 1. The topological polar surface area (TPSA) is 71.4 Å². The number of hydrogen-bond donors (Lipinski definition) is 1. The van der Waals surface area contributed by atoms with Gasteiger partial charge in [0.2, 0.25) is 0 Å². The first kappa shape index (κ1) is 13.7. The fourth-order valence-corrected chi connectivity index (χ4v) is 2.56. The van der Waals surface area contributed by atoms with E-state index >= 15 is 0 Å². The summed E-state index contributed by atoms with van der Waals surface area (Å²) in [5.41, 5.74) is 1.33. The molecule has 0 aromatic heterocycles. The molecule has 0 atom stereocenters. The van der Waals surface area contributed by atoms with Gasteiger partial charge in [0.15, 0.2) is 9.84 Å². The predicted octanol–water partition coefficient (Wildman–Crippen LogP) is 1.80. The van der Waals surface area contributed by atoms with Gasteiger partial charge in [0.25, 0.3) is 0 Å². The molecule has 17 heavy (non-hydrogen) atoms. The minimum Gasteiger partial charge on any atom is -0.481 e. The lowest BCUT2D eigenvalue weighted by Gasteiger charge is -2.10. The molecule has 0 fully saturated rings. The Balaban J connectivity index is 3.26. The molecular weight excluding hydrogens is 240 g/mol. The molecule has 1 N–H and O–H groups in total. The third kappa shape index (κ3) is 3.06. The largest absolute Gasteiger partial charge is 0.481 e. The molecule has 0 bridgehead atoms. The summed E-state index contributed by atoms with van der Waals surface area (Å²) in [7, 11) is -3.34. The van der Waals surface area contributed by atoms with Gasteiger partial charge in [-0.1, -0.05) is 6.07 Å². The number of carbonyl (C=O) groups is 1. The van der Waals surface area contributed by atoms with Crippen LogP contribution >= 0.6 is 0 Å². The molecule has 94 valence electrons. The Morgan fingerprint density at radius 1 is 1.35 bits per heavy atom. The van der Waals surface area contributed by atoms with Crippen LogP contribution in [0.15, 0.2) is 23.1 Å². The van der Waals surface area contributed by atoms with Crippen LogP contribution in [-0.4, -0.2) is 24.7 Å². The first-order valence-electron chi connectivity index (χ1n) is 5.30. The highest BCUT2D eigenvalue weighted by Gasteiger charge is 2.20. The van der Waals surface area contributed by atoms with Crippen LogP contribution in [0.5, 0.6) is 0 Å². The van der Waals surface area contributed by atoms with E-state index in [1.807, 2.05) is 0 Å². The van der Waals surface area contributed by atoms with E-state index in [0.29, 0.717) is 5.56 Å². The SMILES string of the molecule is Cc1ccc(S(=O)(=O)C(C)C)cc1CC(=O)O. The Morgan fingerprint density at radius 3 is 2.41 bits per heavy atom. The van der Waals surface area contributed by atoms with Gasteiger partial charge in [0.05, 0.1) is 16.6 Å². The molecule has 4 nitrogen and oxygen atoms in total. The van der Waals surface area contributed by atoms with E-state index in [1.54, 1.807) is 26.8 Å². The first-order chi connectivity index (χ1) is 7.75. The molecule has 1 aromatic rings. The molecular formula is C12H16O4S. The number of carboxylic acids is 1. The van der Waals surface area contributed by atoms with Crippen molar-refractivity contribution in [1.82, 2.24) is 0 Å². The summed E-state index contributed by atoms with van der Waals surface area (Å²) in [6.07, 6.45) is -0.159. The maximum absolute atomic E-state index is 11.9. The van der Waals surface area contributed by atoms with Crippen molar-refractivity contribution in [2.75, 3.05) is 0 Å². The number of carboxylic acid groups (broad SMARTS) is 1. The second kappa shape index (κ2) is 4.87. The smallest absolute Gasteiger partial charge is 0.307 e. The first-order valence-corrected chi connectivity index (χ1v) is 6.85. The van der Waals surface area contributed by atoms with E-state index in [2.05, 4.69) is 0 Å². The van der Waals surface area contributed by atoms with Crippen LogP contribution in [0.2, 0.25) is 0 Å². The molecule has 0 radical (unpaired) electrons. The number of aliphatic carboxylic acids is 1. The molecule has 1 aromatic carbocycles. The Labute approximate surface area is 101 Å². The molecule has 0 aliphatic carbocycles. The third-order valence-corrected chi connectivity index (χ3v) is 4.76. The van der Waals surface area contributed by atoms with Gasteiger partial charge in [-0.05, 0) is 44.0 Å². The molecule has 0 unspecified atom stereocenters. The van der Waals surface area contributed by atoms with E-state index in [9.17, 15) is 13.2 Å². The van der Waals surface area contributed by atoms with Gasteiger partial charge in [-0.3, -0.25) is 4.79 Å². The van der Waals surface area contributed by atoms with Crippen molar-refractivity contribution in [3.8, 4) is 0 Å². The van der Waals surface area contributed by atoms with Crippen molar-refractivity contribution in [2.45, 2.75) is 37.3 Å². The van der Waals surface area contributed by atoms with E-state index in [1.165, 1.54) is 12.1 Å². The zero-order valence-corrected chi connectivity index (χ0v) is 10.9. The van der Waals surface area contributed by atoms with Crippen molar-refractivity contribution in [3.05, 3.63) is 29.3 Å². The fraction of sp³-hybridized carbons (Fsp3) is 0.417. The van der Waals surface area contributed by atoms with Gasteiger partial charge in [-0.2, -0.15) is 0 Å². The Kier molecular flexibility index (Phi) is 3.93. The maximum Gasteiger partial charge on any atom is 0.307 e. The Hall–Kier alpha value is -1.36. The monoisotopic (exact) mass is 256 g/mol. The van der Waals surface area contributed by atoms with Gasteiger partial charge >= 0.3 is 5.97 Å². The fourth-order valence-electron chi connectivity index (χ4n) is 1.45. The third-order valence-electron chi connectivity index (χ3n) is 2.61. The summed E-state index contributed by atoms with van der Waals surface area (Å²) in [4.78, 5) is 10.9. The lowest BCUT2D eigenvalue weighted by Crippen LogP contribution is -2.14. The summed E-state index contributed by atoms with van der Waals surface area (Å²) < 4.78 is 23.9. The predicted molar refractivity (Wildman–Crippen MR) is 64.8 cm³/mol. The summed E-state index contributed by atoms with van der Waals surface area (Å²) in [6.45, 7) is 4.97. The van der Waals surface area contributed by atoms with Crippen molar-refractivity contribution >= 4 is 15.8 Å². The molecule has 1 rings (SSSR count). The van der Waals surface area contributed by atoms with Gasteiger partial charge in [0, 0.05) is 0 Å². The second-order valence-electron chi connectivity index (χ2n) is 4.25. The minimum absolute atomic E-state index is 0.159. The van der Waals surface area contributed by atoms with E-state index < -0.39 is 21.1 Å². The zero-order valence-electron chi connectivity index (χ0n) is 10.1. The van der Waals surface area contributed by atoms with Gasteiger partial charge in [-0.25, -0.2) is 8.42 Å². The van der Waals surface area contributed by atoms with Crippen LogP contribution in [0.1, 0.15) is 25.0 Å². The van der Waals surface area contributed by atoms with Crippen LogP contribution in [0.3, 0.4) is 0 Å². The van der Waals surface area contributed by atoms with E-state index in [-0.39, 0.29) is 11.3 Å². The van der Waals surface area contributed by atoms with Crippen molar-refractivity contribution in [1.29, 1.82) is 0 Å². The molecule has 0 heterocycles. The lowest BCUT2D eigenvalue weighted by atomic mass is 10.1. The zero-order chi connectivity index (χ0) is 13.2. The highest BCUT2D eigenvalue weighted by atomic mass is 32.2. The highest BCUT2D eigenvalue weighted by molar-refractivity contribution is 7.92. The molecule has 0 saturated heterocycles. The number of hydrogen-bond acceptors (Lipinski definition) is 3. The summed E-state index contributed by atoms with van der Waals surface area (Å²) >= 11 is 0. The van der Waals surface area contributed by atoms with Crippen LogP contribution in [0.4, 0.5) is 0 Å². The quantitative estimate of drug-likeness (QED) is 0.891. The van der Waals surface area contributed by atoms with Gasteiger partial charge in [-0.15, -0.1) is 0 Å². The molecule has 0 aliphatic heterocycles. The average Bonchev–Trinajstić information content (AvgIpc) is 2.20. The standard InChI is InChI=1S/C12H16O4S/c1-8(2)17(15,16)11-5-4-9(3)10(6-11)7-12(13)14/h4-6,8H,7H2,1-3H3,(H,13,14). The van der Waals surface area contributed by atoms with Crippen LogP contribution in [0, 0.1) is 6.92 Å². The molecule has 0 amide bonds. The minimum atomic E-state index is -3.34. The summed E-state index contributed by atoms with van der Waals surface area (Å²) in [6, 6.07) is 4.63. The summed E-state index contributed by atoms with van der Waals surface area (Å²) in [5.74, 6) is -0.966. The number of aryl methyl sites for hydroxylation is 1. The van der Waals surface area contributed by atoms with Crippen LogP contribution in [-0.2, 0) is 21.1 Å². The van der Waals surface area contributed by atoms with Gasteiger partial charge < -0.3 is 5.11 Å². The molecule has 0 saturated carbocycles. The van der Waals surface area contributed by atoms with Crippen molar-refractivity contribution < 1.29 is 18.3 Å². The van der Waals surface area contributed by atoms with E-state index in [0.717, 1.165) is 5.56 Å². The van der Waals surface area contributed by atoms with Crippen molar-refractivity contribution in [2.24, 2.45) is 0 Å². The highest BCUT2D eigenvalue weighted by Crippen LogP contribution is 2.20. The summed E-state index contributed by atoms with van der Waals surface area (Å²) in [5, 5.41) is 8.23. The number of sulfone groups is 1. The normalized spacial score (nSPS) is 11.8. The maximum atomic E-state index is 11.9. The molecule has 0 aliphatic rings. The Bertz CT molecular complexity index is 529.